The average Bonchev–Trinajstić information content (AvgIpc) is 3.23. The lowest BCUT2D eigenvalue weighted by atomic mass is 9.99. The van der Waals surface area contributed by atoms with E-state index in [4.69, 9.17) is 9.72 Å². The van der Waals surface area contributed by atoms with E-state index in [2.05, 4.69) is 44.6 Å². The number of halogens is 1. The summed E-state index contributed by atoms with van der Waals surface area (Å²) in [7, 11) is 0. The van der Waals surface area contributed by atoms with Gasteiger partial charge in [0.15, 0.2) is 11.6 Å². The summed E-state index contributed by atoms with van der Waals surface area (Å²) in [4.78, 5) is 29.0. The van der Waals surface area contributed by atoms with Crippen LogP contribution in [0.2, 0.25) is 0 Å². The van der Waals surface area contributed by atoms with Crippen molar-refractivity contribution in [3.05, 3.63) is 87.5 Å². The molecule has 0 N–H and O–H groups in total. The van der Waals surface area contributed by atoms with Gasteiger partial charge in [0, 0.05) is 47.3 Å². The van der Waals surface area contributed by atoms with Crippen LogP contribution in [0.25, 0.3) is 28.2 Å². The molecule has 9 heteroatoms. The van der Waals surface area contributed by atoms with Crippen molar-refractivity contribution in [1.29, 1.82) is 0 Å². The van der Waals surface area contributed by atoms with Gasteiger partial charge in [-0.2, -0.15) is 0 Å². The lowest BCUT2D eigenvalue weighted by Crippen LogP contribution is -2.52. The third-order valence-electron chi connectivity index (χ3n) is 6.86. The van der Waals surface area contributed by atoms with Crippen LogP contribution in [0.5, 0.6) is 5.75 Å². The second-order valence-corrected chi connectivity index (χ2v) is 10.7. The molecule has 0 unspecified atom stereocenters. The molecular formula is C28H27BrN6O2. The van der Waals surface area contributed by atoms with Gasteiger partial charge < -0.3 is 9.64 Å². The van der Waals surface area contributed by atoms with Gasteiger partial charge in [-0.25, -0.2) is 15.0 Å². The Hall–Kier alpha value is -3.56. The van der Waals surface area contributed by atoms with Gasteiger partial charge in [0.2, 0.25) is 5.78 Å². The molecule has 0 radical (unpaired) electrons. The van der Waals surface area contributed by atoms with Crippen LogP contribution >= 0.6 is 15.9 Å². The van der Waals surface area contributed by atoms with Gasteiger partial charge in [-0.15, -0.1) is 0 Å². The van der Waals surface area contributed by atoms with Gasteiger partial charge in [0.25, 0.3) is 5.56 Å². The Bertz CT molecular complexity index is 1640. The van der Waals surface area contributed by atoms with Crippen LogP contribution in [0, 0.1) is 5.92 Å². The zero-order valence-corrected chi connectivity index (χ0v) is 22.3. The average molecular weight is 559 g/mol. The van der Waals surface area contributed by atoms with Crippen molar-refractivity contribution in [3.63, 3.8) is 0 Å². The number of nitrogens with zero attached hydrogens (tertiary/aromatic N) is 6. The van der Waals surface area contributed by atoms with E-state index in [1.54, 1.807) is 29.2 Å². The predicted molar refractivity (Wildman–Crippen MR) is 147 cm³/mol. The molecule has 5 aromatic rings. The summed E-state index contributed by atoms with van der Waals surface area (Å²) >= 11 is 3.52. The molecule has 0 saturated carbocycles. The molecule has 3 aromatic heterocycles. The number of likely N-dealkylation sites (tertiary alicyclic amines) is 1. The number of imidazole rings is 1. The number of benzene rings is 2. The SMILES string of the molecule is CC(C)N1CC(COc2cnc(-c3cccc(Cn4c(=O)ccn5c6cc(Br)ccc6nc45)c3)nc2)C1. The first kappa shape index (κ1) is 23.8. The van der Waals surface area contributed by atoms with Crippen molar-refractivity contribution in [2.75, 3.05) is 19.7 Å². The number of ether oxygens (including phenoxy) is 1. The van der Waals surface area contributed by atoms with Crippen LogP contribution < -0.4 is 10.3 Å². The van der Waals surface area contributed by atoms with Crippen LogP contribution in [0.3, 0.4) is 0 Å². The highest BCUT2D eigenvalue weighted by Gasteiger charge is 2.28. The minimum Gasteiger partial charge on any atom is -0.490 e. The number of hydrogen-bond acceptors (Lipinski definition) is 6. The first-order chi connectivity index (χ1) is 17.9. The zero-order chi connectivity index (χ0) is 25.5. The van der Waals surface area contributed by atoms with Crippen LogP contribution in [0.4, 0.5) is 0 Å². The van der Waals surface area contributed by atoms with E-state index in [1.165, 1.54) is 0 Å². The topological polar surface area (TPSA) is 77.5 Å². The molecule has 0 atom stereocenters. The minimum atomic E-state index is -0.104. The Labute approximate surface area is 222 Å². The Morgan fingerprint density at radius 3 is 2.68 bits per heavy atom. The van der Waals surface area contributed by atoms with Gasteiger partial charge in [0.05, 0.1) is 36.6 Å². The maximum atomic E-state index is 12.8. The molecule has 37 heavy (non-hydrogen) atoms. The molecule has 4 heterocycles. The van der Waals surface area contributed by atoms with Gasteiger partial charge in [-0.05, 0) is 43.7 Å². The number of fused-ring (bicyclic) bond motifs is 3. The van der Waals surface area contributed by atoms with Gasteiger partial charge in [-0.1, -0.05) is 34.1 Å². The molecule has 1 fully saturated rings. The third kappa shape index (κ3) is 4.76. The molecule has 8 nitrogen and oxygen atoms in total. The molecule has 1 saturated heterocycles. The smallest absolute Gasteiger partial charge is 0.255 e. The third-order valence-corrected chi connectivity index (χ3v) is 7.36. The first-order valence-electron chi connectivity index (χ1n) is 12.4. The second kappa shape index (κ2) is 9.72. The van der Waals surface area contributed by atoms with Crippen LogP contribution in [-0.2, 0) is 6.54 Å². The summed E-state index contributed by atoms with van der Waals surface area (Å²) in [5, 5.41) is 0. The summed E-state index contributed by atoms with van der Waals surface area (Å²) in [6.07, 6.45) is 5.23. The second-order valence-electron chi connectivity index (χ2n) is 9.82. The maximum Gasteiger partial charge on any atom is 0.255 e. The molecule has 0 aliphatic carbocycles. The molecule has 6 rings (SSSR count). The standard InChI is InChI=1S/C28H27BrN6O2/c1-18(2)33-14-20(15-33)17-37-23-12-30-27(31-13-23)21-5-3-4-19(10-21)16-35-26(36)8-9-34-25-11-22(29)6-7-24(25)32-28(34)35/h3-13,18,20H,14-17H2,1-2H3. The fraction of sp³-hybridized carbons (Fsp3) is 0.286. The van der Waals surface area contributed by atoms with Gasteiger partial charge in [-0.3, -0.25) is 13.8 Å². The van der Waals surface area contributed by atoms with Crippen molar-refractivity contribution in [1.82, 2.24) is 28.8 Å². The van der Waals surface area contributed by atoms with E-state index in [0.29, 0.717) is 42.5 Å². The highest BCUT2D eigenvalue weighted by atomic mass is 79.9. The first-order valence-corrected chi connectivity index (χ1v) is 13.2. The Morgan fingerprint density at radius 2 is 1.89 bits per heavy atom. The van der Waals surface area contributed by atoms with Crippen LogP contribution in [-0.4, -0.2) is 54.6 Å². The van der Waals surface area contributed by atoms with Crippen LogP contribution in [0.15, 0.2) is 76.4 Å². The van der Waals surface area contributed by atoms with E-state index in [9.17, 15) is 4.79 Å². The van der Waals surface area contributed by atoms with Crippen molar-refractivity contribution in [3.8, 4) is 17.1 Å². The van der Waals surface area contributed by atoms with Gasteiger partial charge in [0.1, 0.15) is 0 Å². The maximum absolute atomic E-state index is 12.8. The van der Waals surface area contributed by atoms with Crippen molar-refractivity contribution < 1.29 is 4.74 Å². The number of hydrogen-bond donors (Lipinski definition) is 0. The molecule has 1 aliphatic rings. The fourth-order valence-electron chi connectivity index (χ4n) is 4.75. The normalized spacial score (nSPS) is 14.5. The summed E-state index contributed by atoms with van der Waals surface area (Å²) in [5.74, 6) is 2.46. The monoisotopic (exact) mass is 558 g/mol. The molecular weight excluding hydrogens is 532 g/mol. The Kier molecular flexibility index (Phi) is 6.26. The summed E-state index contributed by atoms with van der Waals surface area (Å²) in [6, 6.07) is 16.0. The summed E-state index contributed by atoms with van der Waals surface area (Å²) in [5.41, 5.74) is 3.52. The number of rotatable bonds is 7. The van der Waals surface area contributed by atoms with Crippen molar-refractivity contribution in [2.45, 2.75) is 26.4 Å². The predicted octanol–water partition coefficient (Wildman–Crippen LogP) is 4.64. The van der Waals surface area contributed by atoms with E-state index in [1.807, 2.05) is 46.9 Å². The van der Waals surface area contributed by atoms with Crippen molar-refractivity contribution >= 4 is 32.7 Å². The lowest BCUT2D eigenvalue weighted by Gasteiger charge is -2.41. The quantitative estimate of drug-likeness (QED) is 0.289. The molecule has 0 spiro atoms. The lowest BCUT2D eigenvalue weighted by molar-refractivity contribution is 0.0373. The Balaban J connectivity index is 1.20. The largest absolute Gasteiger partial charge is 0.490 e. The van der Waals surface area contributed by atoms with Gasteiger partial charge >= 0.3 is 0 Å². The van der Waals surface area contributed by atoms with E-state index in [0.717, 1.165) is 39.7 Å². The molecule has 188 valence electrons. The van der Waals surface area contributed by atoms with Crippen LogP contribution in [0.1, 0.15) is 19.4 Å². The molecule has 0 amide bonds. The summed E-state index contributed by atoms with van der Waals surface area (Å²) < 4.78 is 10.5. The van der Waals surface area contributed by atoms with Crippen molar-refractivity contribution in [2.24, 2.45) is 5.92 Å². The highest BCUT2D eigenvalue weighted by Crippen LogP contribution is 2.23. The van der Waals surface area contributed by atoms with E-state index in [-0.39, 0.29) is 5.56 Å². The van der Waals surface area contributed by atoms with E-state index >= 15 is 0 Å². The zero-order valence-electron chi connectivity index (χ0n) is 20.7. The molecule has 1 aliphatic heterocycles. The van der Waals surface area contributed by atoms with E-state index < -0.39 is 0 Å². The highest BCUT2D eigenvalue weighted by molar-refractivity contribution is 9.10. The number of aromatic nitrogens is 5. The molecule has 2 aromatic carbocycles. The minimum absolute atomic E-state index is 0.104. The molecule has 0 bridgehead atoms. The Morgan fingerprint density at radius 1 is 1.08 bits per heavy atom. The summed E-state index contributed by atoms with van der Waals surface area (Å²) in [6.45, 7) is 7.66. The fourth-order valence-corrected chi connectivity index (χ4v) is 5.10.